The van der Waals surface area contributed by atoms with Crippen molar-refractivity contribution in [3.05, 3.63) is 58.8 Å². The van der Waals surface area contributed by atoms with Crippen molar-refractivity contribution in [2.45, 2.75) is 27.3 Å². The van der Waals surface area contributed by atoms with Gasteiger partial charge in [0.15, 0.2) is 17.3 Å². The number of carbonyl (C=O) groups is 1. The Morgan fingerprint density at radius 3 is 2.69 bits per heavy atom. The number of carbonyl (C=O) groups excluding carboxylic acids is 1. The first-order chi connectivity index (χ1) is 12.6. The van der Waals surface area contributed by atoms with Gasteiger partial charge in [-0.1, -0.05) is 24.3 Å². The summed E-state index contributed by atoms with van der Waals surface area (Å²) in [4.78, 5) is 14.9. The van der Waals surface area contributed by atoms with E-state index in [4.69, 9.17) is 13.9 Å². The first-order valence-electron chi connectivity index (χ1n) is 8.75. The van der Waals surface area contributed by atoms with Crippen LogP contribution in [0, 0.1) is 13.8 Å². The van der Waals surface area contributed by atoms with Gasteiger partial charge in [0.1, 0.15) is 5.58 Å². The van der Waals surface area contributed by atoms with Crippen molar-refractivity contribution >= 4 is 16.9 Å². The van der Waals surface area contributed by atoms with Gasteiger partial charge < -0.3 is 18.8 Å². The molecule has 4 rings (SSSR count). The third-order valence-corrected chi connectivity index (χ3v) is 4.83. The summed E-state index contributed by atoms with van der Waals surface area (Å²) in [5, 5.41) is 0.993. The van der Waals surface area contributed by atoms with Crippen LogP contribution in [-0.4, -0.2) is 24.1 Å². The standard InChI is InChI=1S/C21H21NO4/c1-4-22(11-15-8-9-17-18(10-15)25-12-24-17)21(23)20-14(3)16-7-5-6-13(2)19(16)26-20/h5-10H,4,11-12H2,1-3H3. The van der Waals surface area contributed by atoms with Crippen molar-refractivity contribution in [3.63, 3.8) is 0 Å². The van der Waals surface area contributed by atoms with Gasteiger partial charge in [-0.25, -0.2) is 0 Å². The second-order valence-electron chi connectivity index (χ2n) is 6.51. The molecule has 26 heavy (non-hydrogen) atoms. The number of benzene rings is 2. The monoisotopic (exact) mass is 351 g/mol. The molecule has 2 aromatic carbocycles. The van der Waals surface area contributed by atoms with Crippen molar-refractivity contribution in [2.24, 2.45) is 0 Å². The molecule has 134 valence electrons. The fourth-order valence-corrected chi connectivity index (χ4v) is 3.32. The second-order valence-corrected chi connectivity index (χ2v) is 6.51. The molecule has 0 spiro atoms. The van der Waals surface area contributed by atoms with Gasteiger partial charge in [0.2, 0.25) is 6.79 Å². The fraction of sp³-hybridized carbons (Fsp3) is 0.286. The maximum Gasteiger partial charge on any atom is 0.290 e. The molecule has 5 nitrogen and oxygen atoms in total. The van der Waals surface area contributed by atoms with E-state index >= 15 is 0 Å². The Morgan fingerprint density at radius 2 is 1.92 bits per heavy atom. The highest BCUT2D eigenvalue weighted by Gasteiger charge is 2.24. The van der Waals surface area contributed by atoms with Crippen molar-refractivity contribution in [1.82, 2.24) is 4.90 Å². The molecule has 0 atom stereocenters. The molecular weight excluding hydrogens is 330 g/mol. The molecule has 0 saturated heterocycles. The number of ether oxygens (including phenoxy) is 2. The van der Waals surface area contributed by atoms with Crippen LogP contribution in [0.2, 0.25) is 0 Å². The third-order valence-electron chi connectivity index (χ3n) is 4.83. The first kappa shape index (κ1) is 16.5. The summed E-state index contributed by atoms with van der Waals surface area (Å²) >= 11 is 0. The summed E-state index contributed by atoms with van der Waals surface area (Å²) in [7, 11) is 0. The van der Waals surface area contributed by atoms with Gasteiger partial charge in [-0.05, 0) is 44.0 Å². The lowest BCUT2D eigenvalue weighted by molar-refractivity contribution is 0.0721. The lowest BCUT2D eigenvalue weighted by atomic mass is 10.1. The predicted molar refractivity (Wildman–Crippen MR) is 98.7 cm³/mol. The van der Waals surface area contributed by atoms with Crippen LogP contribution in [0.15, 0.2) is 40.8 Å². The van der Waals surface area contributed by atoms with E-state index in [1.54, 1.807) is 4.90 Å². The summed E-state index contributed by atoms with van der Waals surface area (Å²) < 4.78 is 16.7. The summed E-state index contributed by atoms with van der Waals surface area (Å²) in [6.45, 7) is 7.21. The van der Waals surface area contributed by atoms with Gasteiger partial charge in [0, 0.05) is 24.0 Å². The molecule has 0 radical (unpaired) electrons. The molecule has 1 aromatic heterocycles. The Labute approximate surface area is 152 Å². The Balaban J connectivity index is 1.63. The number of furan rings is 1. The Hall–Kier alpha value is -2.95. The maximum absolute atomic E-state index is 13.1. The van der Waals surface area contributed by atoms with Crippen LogP contribution in [-0.2, 0) is 6.54 Å². The molecule has 0 bridgehead atoms. The van der Waals surface area contributed by atoms with E-state index in [1.165, 1.54) is 0 Å². The summed E-state index contributed by atoms with van der Waals surface area (Å²) in [6, 6.07) is 11.7. The summed E-state index contributed by atoms with van der Waals surface area (Å²) in [6.07, 6.45) is 0. The first-order valence-corrected chi connectivity index (χ1v) is 8.75. The van der Waals surface area contributed by atoms with E-state index in [9.17, 15) is 4.79 Å². The lowest BCUT2D eigenvalue weighted by Crippen LogP contribution is -2.30. The van der Waals surface area contributed by atoms with Crippen molar-refractivity contribution in [1.29, 1.82) is 0 Å². The molecule has 1 aliphatic heterocycles. The Kier molecular flexibility index (Phi) is 4.07. The van der Waals surface area contributed by atoms with Crippen LogP contribution in [0.5, 0.6) is 11.5 Å². The quantitative estimate of drug-likeness (QED) is 0.697. The van der Waals surface area contributed by atoms with Crippen LogP contribution < -0.4 is 9.47 Å². The van der Waals surface area contributed by atoms with E-state index in [1.807, 2.05) is 57.2 Å². The maximum atomic E-state index is 13.1. The normalized spacial score (nSPS) is 12.6. The lowest BCUT2D eigenvalue weighted by Gasteiger charge is -2.20. The zero-order chi connectivity index (χ0) is 18.3. The van der Waals surface area contributed by atoms with Crippen molar-refractivity contribution in [2.75, 3.05) is 13.3 Å². The van der Waals surface area contributed by atoms with Crippen LogP contribution in [0.25, 0.3) is 11.0 Å². The minimum atomic E-state index is -0.0988. The van der Waals surface area contributed by atoms with Crippen molar-refractivity contribution in [3.8, 4) is 11.5 Å². The highest BCUT2D eigenvalue weighted by atomic mass is 16.7. The molecule has 0 N–H and O–H groups in total. The average Bonchev–Trinajstić information content (AvgIpc) is 3.24. The number of fused-ring (bicyclic) bond motifs is 2. The highest BCUT2D eigenvalue weighted by molar-refractivity contribution is 5.99. The molecule has 0 saturated carbocycles. The average molecular weight is 351 g/mol. The zero-order valence-electron chi connectivity index (χ0n) is 15.2. The van der Waals surface area contributed by atoms with E-state index in [-0.39, 0.29) is 12.7 Å². The number of nitrogens with zero attached hydrogens (tertiary/aromatic N) is 1. The summed E-state index contributed by atoms with van der Waals surface area (Å²) in [5.41, 5.74) is 3.70. The molecular formula is C21H21NO4. The van der Waals surface area contributed by atoms with Gasteiger partial charge in [0.25, 0.3) is 5.91 Å². The number of para-hydroxylation sites is 1. The van der Waals surface area contributed by atoms with Gasteiger partial charge >= 0.3 is 0 Å². The number of amides is 1. The number of aryl methyl sites for hydroxylation is 2. The number of hydrogen-bond acceptors (Lipinski definition) is 4. The molecule has 3 aromatic rings. The zero-order valence-corrected chi connectivity index (χ0v) is 15.2. The Bertz CT molecular complexity index is 989. The highest BCUT2D eigenvalue weighted by Crippen LogP contribution is 2.33. The predicted octanol–water partition coefficient (Wildman–Crippen LogP) is 4.44. The SMILES string of the molecule is CCN(Cc1ccc2c(c1)OCO2)C(=O)c1oc2c(C)cccc2c1C. The topological polar surface area (TPSA) is 51.9 Å². The largest absolute Gasteiger partial charge is 0.454 e. The molecule has 0 fully saturated rings. The van der Waals surface area contributed by atoms with Gasteiger partial charge in [-0.15, -0.1) is 0 Å². The van der Waals surface area contributed by atoms with Crippen LogP contribution in [0.4, 0.5) is 0 Å². The number of rotatable bonds is 4. The van der Waals surface area contributed by atoms with Crippen molar-refractivity contribution < 1.29 is 18.7 Å². The van der Waals surface area contributed by atoms with E-state index in [0.717, 1.165) is 39.2 Å². The molecule has 5 heteroatoms. The fourth-order valence-electron chi connectivity index (χ4n) is 3.32. The van der Waals surface area contributed by atoms with Gasteiger partial charge in [0.05, 0.1) is 0 Å². The molecule has 0 aliphatic carbocycles. The van der Waals surface area contributed by atoms with E-state index in [2.05, 4.69) is 0 Å². The van der Waals surface area contributed by atoms with Crippen LogP contribution in [0.1, 0.15) is 34.2 Å². The van der Waals surface area contributed by atoms with E-state index < -0.39 is 0 Å². The van der Waals surface area contributed by atoms with E-state index in [0.29, 0.717) is 18.8 Å². The third kappa shape index (κ3) is 2.69. The van der Waals surface area contributed by atoms with Crippen LogP contribution >= 0.6 is 0 Å². The minimum absolute atomic E-state index is 0.0988. The van der Waals surface area contributed by atoms with Gasteiger partial charge in [-0.3, -0.25) is 4.79 Å². The molecule has 1 amide bonds. The molecule has 2 heterocycles. The molecule has 1 aliphatic rings. The molecule has 0 unspecified atom stereocenters. The second kappa shape index (κ2) is 6.41. The summed E-state index contributed by atoms with van der Waals surface area (Å²) in [5.74, 6) is 1.78. The smallest absolute Gasteiger partial charge is 0.290 e. The Morgan fingerprint density at radius 1 is 1.12 bits per heavy atom. The van der Waals surface area contributed by atoms with Gasteiger partial charge in [-0.2, -0.15) is 0 Å². The number of hydrogen-bond donors (Lipinski definition) is 0. The minimum Gasteiger partial charge on any atom is -0.454 e. The van der Waals surface area contributed by atoms with Crippen LogP contribution in [0.3, 0.4) is 0 Å².